The molecule has 1 unspecified atom stereocenters. The minimum atomic E-state index is 0. The topological polar surface area (TPSA) is 56.9 Å². The summed E-state index contributed by atoms with van der Waals surface area (Å²) in [6.07, 6.45) is 0. The van der Waals surface area contributed by atoms with E-state index in [1.807, 2.05) is 6.92 Å². The van der Waals surface area contributed by atoms with Crippen molar-refractivity contribution < 1.29 is 0 Å². The van der Waals surface area contributed by atoms with Gasteiger partial charge in [0.05, 0.1) is 6.54 Å². The summed E-state index contributed by atoms with van der Waals surface area (Å²) < 4.78 is 0. The lowest BCUT2D eigenvalue weighted by atomic mass is 10.1. The molecular weight excluding hydrogens is 341 g/mol. The number of hydrogen-bond donors (Lipinski definition) is 2. The van der Waals surface area contributed by atoms with Gasteiger partial charge in [-0.25, -0.2) is 4.99 Å². The lowest BCUT2D eigenvalue weighted by Gasteiger charge is -2.47. The Morgan fingerprint density at radius 2 is 2.06 bits per heavy atom. The molecule has 3 aliphatic heterocycles. The molecule has 0 radical (unpaired) electrons. The van der Waals surface area contributed by atoms with Crippen LogP contribution in [-0.2, 0) is 0 Å². The highest BCUT2D eigenvalue weighted by molar-refractivity contribution is 14.0. The Hall–Kier alpha value is -0.340. The predicted octanol–water partition coefficient (Wildman–Crippen LogP) is 0.0846. The van der Waals surface area contributed by atoms with E-state index in [0.29, 0.717) is 18.5 Å². The number of aliphatic imine (C=N–C) groups is 1. The molecule has 1 atom stereocenters. The van der Waals surface area contributed by atoms with Gasteiger partial charge >= 0.3 is 0 Å². The molecule has 5 nitrogen and oxygen atoms in total. The Kier molecular flexibility index (Phi) is 6.37. The summed E-state index contributed by atoms with van der Waals surface area (Å²) in [5.74, 6) is 0.533. The van der Waals surface area contributed by atoms with Gasteiger partial charge in [-0.3, -0.25) is 9.80 Å². The highest BCUT2D eigenvalue weighted by Crippen LogP contribution is 2.14. The van der Waals surface area contributed by atoms with Crippen LogP contribution < -0.4 is 11.1 Å². The van der Waals surface area contributed by atoms with Crippen LogP contribution in [0.4, 0.5) is 0 Å². The minimum Gasteiger partial charge on any atom is -0.370 e. The molecular formula is C12H24IN5. The lowest BCUT2D eigenvalue weighted by molar-refractivity contribution is 0.0154. The van der Waals surface area contributed by atoms with Crippen LogP contribution >= 0.6 is 24.0 Å². The van der Waals surface area contributed by atoms with Crippen LogP contribution in [0.15, 0.2) is 17.1 Å². The number of halogens is 1. The van der Waals surface area contributed by atoms with Crippen molar-refractivity contribution in [3.63, 3.8) is 0 Å². The monoisotopic (exact) mass is 365 g/mol. The molecule has 18 heavy (non-hydrogen) atoms. The SMILES string of the molecule is C=C(C)CN=C(N)NCC1CN2CCN1CC2.I. The summed E-state index contributed by atoms with van der Waals surface area (Å²) in [5.41, 5.74) is 6.83. The largest absolute Gasteiger partial charge is 0.370 e. The molecule has 6 heteroatoms. The zero-order valence-electron chi connectivity index (χ0n) is 11.1. The van der Waals surface area contributed by atoms with E-state index >= 15 is 0 Å². The van der Waals surface area contributed by atoms with Gasteiger partial charge in [-0.05, 0) is 6.92 Å². The van der Waals surface area contributed by atoms with Crippen molar-refractivity contribution in [3.8, 4) is 0 Å². The maximum atomic E-state index is 5.80. The first-order valence-electron chi connectivity index (χ1n) is 6.30. The second-order valence-corrected chi connectivity index (χ2v) is 5.03. The minimum absolute atomic E-state index is 0. The van der Waals surface area contributed by atoms with Gasteiger partial charge in [-0.1, -0.05) is 12.2 Å². The fourth-order valence-corrected chi connectivity index (χ4v) is 2.42. The Morgan fingerprint density at radius 1 is 1.39 bits per heavy atom. The van der Waals surface area contributed by atoms with Crippen LogP contribution in [0.3, 0.4) is 0 Å². The second-order valence-electron chi connectivity index (χ2n) is 5.03. The Bertz CT molecular complexity index is 310. The Morgan fingerprint density at radius 3 is 2.56 bits per heavy atom. The van der Waals surface area contributed by atoms with Crippen molar-refractivity contribution in [1.29, 1.82) is 0 Å². The van der Waals surface area contributed by atoms with Crippen LogP contribution in [0, 0.1) is 0 Å². The first-order chi connectivity index (χ1) is 8.15. The number of piperazine rings is 3. The van der Waals surface area contributed by atoms with Crippen molar-refractivity contribution in [1.82, 2.24) is 15.1 Å². The normalized spacial score (nSPS) is 30.7. The molecule has 3 rings (SSSR count). The van der Waals surface area contributed by atoms with E-state index in [1.165, 1.54) is 26.2 Å². The first kappa shape index (κ1) is 15.7. The second kappa shape index (κ2) is 7.30. The number of rotatable bonds is 4. The molecule has 3 fully saturated rings. The third-order valence-electron chi connectivity index (χ3n) is 3.43. The van der Waals surface area contributed by atoms with Gasteiger partial charge in [0.2, 0.25) is 0 Å². The number of guanidine groups is 1. The van der Waals surface area contributed by atoms with E-state index < -0.39 is 0 Å². The Balaban J connectivity index is 0.00000162. The van der Waals surface area contributed by atoms with E-state index in [9.17, 15) is 0 Å². The first-order valence-corrected chi connectivity index (χ1v) is 6.30. The molecule has 3 aliphatic rings. The van der Waals surface area contributed by atoms with Gasteiger partial charge < -0.3 is 11.1 Å². The molecule has 0 spiro atoms. The molecule has 3 N–H and O–H groups in total. The highest BCUT2D eigenvalue weighted by Gasteiger charge is 2.31. The maximum Gasteiger partial charge on any atom is 0.188 e. The predicted molar refractivity (Wildman–Crippen MR) is 86.5 cm³/mol. The van der Waals surface area contributed by atoms with Gasteiger partial charge in [-0.15, -0.1) is 24.0 Å². The van der Waals surface area contributed by atoms with Crippen LogP contribution in [0.25, 0.3) is 0 Å². The average Bonchev–Trinajstić information content (AvgIpc) is 2.35. The summed E-state index contributed by atoms with van der Waals surface area (Å²) in [6.45, 7) is 13.2. The third-order valence-corrected chi connectivity index (χ3v) is 3.43. The van der Waals surface area contributed by atoms with Gasteiger partial charge in [0.15, 0.2) is 5.96 Å². The zero-order valence-corrected chi connectivity index (χ0v) is 13.4. The Labute approximate surface area is 127 Å². The van der Waals surface area contributed by atoms with Gasteiger partial charge in [0.1, 0.15) is 0 Å². The summed E-state index contributed by atoms with van der Waals surface area (Å²) in [6, 6.07) is 0.580. The van der Waals surface area contributed by atoms with E-state index in [4.69, 9.17) is 5.73 Å². The number of fused-ring (bicyclic) bond motifs is 3. The van der Waals surface area contributed by atoms with Crippen molar-refractivity contribution in [3.05, 3.63) is 12.2 Å². The van der Waals surface area contributed by atoms with Gasteiger partial charge in [0.25, 0.3) is 0 Å². The number of nitrogens with one attached hydrogen (secondary N) is 1. The number of nitrogens with zero attached hydrogens (tertiary/aromatic N) is 3. The number of nitrogens with two attached hydrogens (primary N) is 1. The van der Waals surface area contributed by atoms with E-state index in [1.54, 1.807) is 0 Å². The molecule has 0 aromatic heterocycles. The summed E-state index contributed by atoms with van der Waals surface area (Å²) >= 11 is 0. The fraction of sp³-hybridized carbons (Fsp3) is 0.750. The smallest absolute Gasteiger partial charge is 0.188 e. The summed E-state index contributed by atoms with van der Waals surface area (Å²) in [4.78, 5) is 9.28. The van der Waals surface area contributed by atoms with Crippen LogP contribution in [0.5, 0.6) is 0 Å². The number of hydrogen-bond acceptors (Lipinski definition) is 3. The molecule has 0 aromatic carbocycles. The van der Waals surface area contributed by atoms with Crippen LogP contribution in [-0.4, -0.2) is 67.6 Å². The van der Waals surface area contributed by atoms with E-state index in [2.05, 4.69) is 26.7 Å². The molecule has 2 bridgehead atoms. The molecule has 0 aromatic rings. The molecule has 3 saturated heterocycles. The van der Waals surface area contributed by atoms with Crippen molar-refractivity contribution in [2.24, 2.45) is 10.7 Å². The molecule has 3 heterocycles. The maximum absolute atomic E-state index is 5.80. The molecule has 104 valence electrons. The quantitative estimate of drug-likeness (QED) is 0.321. The fourth-order valence-electron chi connectivity index (χ4n) is 2.42. The average molecular weight is 365 g/mol. The third kappa shape index (κ3) is 4.40. The van der Waals surface area contributed by atoms with Crippen molar-refractivity contribution in [2.45, 2.75) is 13.0 Å². The summed E-state index contributed by atoms with van der Waals surface area (Å²) in [5, 5.41) is 3.21. The summed E-state index contributed by atoms with van der Waals surface area (Å²) in [7, 11) is 0. The lowest BCUT2D eigenvalue weighted by Crippen LogP contribution is -2.63. The molecule has 0 aliphatic carbocycles. The van der Waals surface area contributed by atoms with Gasteiger partial charge in [-0.2, -0.15) is 0 Å². The van der Waals surface area contributed by atoms with E-state index in [-0.39, 0.29) is 24.0 Å². The van der Waals surface area contributed by atoms with Crippen molar-refractivity contribution in [2.75, 3.05) is 45.8 Å². The standard InChI is InChI=1S/C12H23N5.HI/c1-10(2)7-14-12(13)15-8-11-9-16-3-5-17(11)6-4-16;/h11H,1,3-9H2,2H3,(H3,13,14,15);1H. The molecule has 0 saturated carbocycles. The zero-order chi connectivity index (χ0) is 12.3. The molecule has 0 amide bonds. The van der Waals surface area contributed by atoms with Crippen LogP contribution in [0.2, 0.25) is 0 Å². The van der Waals surface area contributed by atoms with Crippen molar-refractivity contribution >= 4 is 29.9 Å². The van der Waals surface area contributed by atoms with Crippen LogP contribution in [0.1, 0.15) is 6.92 Å². The van der Waals surface area contributed by atoms with Gasteiger partial charge in [0, 0.05) is 45.3 Å². The highest BCUT2D eigenvalue weighted by atomic mass is 127. The van der Waals surface area contributed by atoms with E-state index in [0.717, 1.165) is 18.7 Å².